The van der Waals surface area contributed by atoms with Gasteiger partial charge < -0.3 is 5.32 Å². The van der Waals surface area contributed by atoms with Gasteiger partial charge in [0.15, 0.2) is 0 Å². The summed E-state index contributed by atoms with van der Waals surface area (Å²) >= 11 is 0. The molecule has 1 aromatic heterocycles. The van der Waals surface area contributed by atoms with Crippen molar-refractivity contribution in [2.24, 2.45) is 0 Å². The normalized spacial score (nSPS) is 11.3. The summed E-state index contributed by atoms with van der Waals surface area (Å²) in [5.41, 5.74) is -0.430. The third-order valence-corrected chi connectivity index (χ3v) is 4.08. The second-order valence-corrected chi connectivity index (χ2v) is 6.18. The van der Waals surface area contributed by atoms with Crippen LogP contribution in [0.15, 0.2) is 65.5 Å². The molecule has 0 bridgehead atoms. The number of carbonyl (C=O) groups is 1. The van der Waals surface area contributed by atoms with Crippen molar-refractivity contribution in [2.45, 2.75) is 19.6 Å². The lowest BCUT2D eigenvalue weighted by atomic mass is 10.1. The molecule has 8 heteroatoms. The molecule has 0 radical (unpaired) electrons. The van der Waals surface area contributed by atoms with Crippen molar-refractivity contribution in [3.63, 3.8) is 0 Å². The van der Waals surface area contributed by atoms with Crippen LogP contribution in [0.5, 0.6) is 0 Å². The average molecular weight is 387 g/mol. The van der Waals surface area contributed by atoms with Crippen LogP contribution in [0, 0.1) is 6.92 Å². The molecule has 28 heavy (non-hydrogen) atoms. The number of halogens is 3. The fraction of sp³-hybridized carbons (Fsp3) is 0.150. The van der Waals surface area contributed by atoms with Gasteiger partial charge in [-0.15, -0.1) is 0 Å². The first-order valence-corrected chi connectivity index (χ1v) is 8.35. The fourth-order valence-electron chi connectivity index (χ4n) is 2.64. The van der Waals surface area contributed by atoms with Crippen LogP contribution in [0.4, 0.5) is 18.9 Å². The Balaban J connectivity index is 1.84. The van der Waals surface area contributed by atoms with E-state index in [2.05, 4.69) is 10.4 Å². The lowest BCUT2D eigenvalue weighted by Crippen LogP contribution is -2.26. The van der Waals surface area contributed by atoms with Crippen LogP contribution in [-0.4, -0.2) is 15.7 Å². The summed E-state index contributed by atoms with van der Waals surface area (Å²) in [7, 11) is 0. The van der Waals surface area contributed by atoms with E-state index in [1.165, 1.54) is 31.2 Å². The molecule has 3 rings (SSSR count). The molecule has 0 unspecified atom stereocenters. The molecule has 0 aliphatic carbocycles. The maximum absolute atomic E-state index is 13.0. The number of carbonyl (C=O) groups excluding carboxylic acids is 1. The van der Waals surface area contributed by atoms with Crippen LogP contribution in [-0.2, 0) is 12.7 Å². The first-order chi connectivity index (χ1) is 13.2. The van der Waals surface area contributed by atoms with Gasteiger partial charge in [0.1, 0.15) is 5.69 Å². The van der Waals surface area contributed by atoms with Crippen molar-refractivity contribution in [1.29, 1.82) is 0 Å². The molecular weight excluding hydrogens is 371 g/mol. The number of nitrogens with zero attached hydrogens (tertiary/aromatic N) is 2. The van der Waals surface area contributed by atoms with Crippen molar-refractivity contribution >= 4 is 11.6 Å². The van der Waals surface area contributed by atoms with E-state index in [0.717, 1.165) is 16.3 Å². The zero-order chi connectivity index (χ0) is 20.3. The van der Waals surface area contributed by atoms with Crippen LogP contribution >= 0.6 is 0 Å². The highest BCUT2D eigenvalue weighted by Crippen LogP contribution is 2.33. The van der Waals surface area contributed by atoms with E-state index in [0.29, 0.717) is 0 Å². The van der Waals surface area contributed by atoms with Crippen molar-refractivity contribution in [3.8, 4) is 0 Å². The molecule has 3 aromatic rings. The monoisotopic (exact) mass is 387 g/mol. The molecule has 0 saturated heterocycles. The van der Waals surface area contributed by atoms with Gasteiger partial charge in [-0.3, -0.25) is 9.59 Å². The number of hydrogen-bond donors (Lipinski definition) is 1. The first-order valence-electron chi connectivity index (χ1n) is 8.35. The molecule has 1 N–H and O–H groups in total. The standard InChI is InChI=1S/C20H16F3N3O2/c1-13-7-8-15(11-16(13)20(21,22)23)24-19(28)17-9-10-18(27)26(25-17)12-14-5-3-2-4-6-14/h2-11H,12H2,1H3,(H,24,28). The van der Waals surface area contributed by atoms with Gasteiger partial charge in [0, 0.05) is 11.8 Å². The summed E-state index contributed by atoms with van der Waals surface area (Å²) in [6, 6.07) is 15.0. The predicted octanol–water partition coefficient (Wildman–Crippen LogP) is 3.87. The highest BCUT2D eigenvalue weighted by atomic mass is 19.4. The Labute approximate surface area is 158 Å². The van der Waals surface area contributed by atoms with E-state index in [-0.39, 0.29) is 23.5 Å². The molecule has 0 atom stereocenters. The summed E-state index contributed by atoms with van der Waals surface area (Å²) < 4.78 is 40.2. The van der Waals surface area contributed by atoms with Gasteiger partial charge in [-0.25, -0.2) is 4.68 Å². The zero-order valence-corrected chi connectivity index (χ0v) is 14.8. The lowest BCUT2D eigenvalue weighted by molar-refractivity contribution is -0.138. The van der Waals surface area contributed by atoms with E-state index in [9.17, 15) is 22.8 Å². The molecule has 0 aliphatic rings. The lowest BCUT2D eigenvalue weighted by Gasteiger charge is -2.13. The molecule has 0 fully saturated rings. The molecule has 1 amide bonds. The Morgan fingerprint density at radius 2 is 1.79 bits per heavy atom. The Morgan fingerprint density at radius 1 is 1.07 bits per heavy atom. The van der Waals surface area contributed by atoms with E-state index in [4.69, 9.17) is 0 Å². The number of rotatable bonds is 4. The van der Waals surface area contributed by atoms with E-state index in [1.807, 2.05) is 30.3 Å². The molecule has 0 aliphatic heterocycles. The van der Waals surface area contributed by atoms with E-state index < -0.39 is 23.2 Å². The largest absolute Gasteiger partial charge is 0.416 e. The maximum Gasteiger partial charge on any atom is 0.416 e. The van der Waals surface area contributed by atoms with E-state index in [1.54, 1.807) is 0 Å². The van der Waals surface area contributed by atoms with Crippen molar-refractivity contribution in [2.75, 3.05) is 5.32 Å². The maximum atomic E-state index is 13.0. The first kappa shape index (κ1) is 19.3. The van der Waals surface area contributed by atoms with Gasteiger partial charge in [0.25, 0.3) is 11.5 Å². The van der Waals surface area contributed by atoms with Crippen molar-refractivity contribution < 1.29 is 18.0 Å². The summed E-state index contributed by atoms with van der Waals surface area (Å²) in [5, 5.41) is 6.41. The number of hydrogen-bond acceptors (Lipinski definition) is 3. The number of benzene rings is 2. The number of nitrogens with one attached hydrogen (secondary N) is 1. The van der Waals surface area contributed by atoms with Gasteiger partial charge in [0.2, 0.25) is 0 Å². The highest BCUT2D eigenvalue weighted by molar-refractivity contribution is 6.02. The minimum absolute atomic E-state index is 0.00876. The van der Waals surface area contributed by atoms with Crippen LogP contribution in [0.25, 0.3) is 0 Å². The summed E-state index contributed by atoms with van der Waals surface area (Å²) in [4.78, 5) is 24.4. The second kappa shape index (κ2) is 7.67. The van der Waals surface area contributed by atoms with Crippen LogP contribution in [0.2, 0.25) is 0 Å². The van der Waals surface area contributed by atoms with Gasteiger partial charge in [-0.2, -0.15) is 18.3 Å². The SMILES string of the molecule is Cc1ccc(NC(=O)c2ccc(=O)n(Cc3ccccc3)n2)cc1C(F)(F)F. The predicted molar refractivity (Wildman–Crippen MR) is 98.2 cm³/mol. The number of aromatic nitrogens is 2. The zero-order valence-electron chi connectivity index (χ0n) is 14.8. The third kappa shape index (κ3) is 4.46. The average Bonchev–Trinajstić information content (AvgIpc) is 2.65. The Hall–Kier alpha value is -3.42. The molecule has 0 spiro atoms. The van der Waals surface area contributed by atoms with E-state index >= 15 is 0 Å². The van der Waals surface area contributed by atoms with Crippen molar-refractivity contribution in [1.82, 2.24) is 9.78 Å². The Morgan fingerprint density at radius 3 is 2.46 bits per heavy atom. The minimum Gasteiger partial charge on any atom is -0.321 e. The number of anilines is 1. The molecular formula is C20H16F3N3O2. The topological polar surface area (TPSA) is 64.0 Å². The number of amides is 1. The van der Waals surface area contributed by atoms with Gasteiger partial charge >= 0.3 is 6.18 Å². The quantitative estimate of drug-likeness (QED) is 0.739. The highest BCUT2D eigenvalue weighted by Gasteiger charge is 2.32. The van der Waals surface area contributed by atoms with Crippen LogP contribution in [0.3, 0.4) is 0 Å². The number of aryl methyl sites for hydroxylation is 1. The molecule has 2 aromatic carbocycles. The van der Waals surface area contributed by atoms with Crippen LogP contribution < -0.4 is 10.9 Å². The fourth-order valence-corrected chi connectivity index (χ4v) is 2.64. The summed E-state index contributed by atoms with van der Waals surface area (Å²) in [6.07, 6.45) is -4.52. The summed E-state index contributed by atoms with van der Waals surface area (Å²) in [5.74, 6) is -0.709. The Kier molecular flexibility index (Phi) is 5.30. The van der Waals surface area contributed by atoms with Crippen molar-refractivity contribution in [3.05, 3.63) is 93.4 Å². The van der Waals surface area contributed by atoms with Crippen LogP contribution in [0.1, 0.15) is 27.2 Å². The molecule has 1 heterocycles. The third-order valence-electron chi connectivity index (χ3n) is 4.08. The molecule has 144 valence electrons. The van der Waals surface area contributed by atoms with Gasteiger partial charge in [-0.05, 0) is 36.2 Å². The van der Waals surface area contributed by atoms with Gasteiger partial charge in [-0.1, -0.05) is 36.4 Å². The molecule has 0 saturated carbocycles. The smallest absolute Gasteiger partial charge is 0.321 e. The molecule has 5 nitrogen and oxygen atoms in total. The van der Waals surface area contributed by atoms with Gasteiger partial charge in [0.05, 0.1) is 12.1 Å². The minimum atomic E-state index is -4.52. The summed E-state index contributed by atoms with van der Waals surface area (Å²) in [6.45, 7) is 1.51. The Bertz CT molecular complexity index is 1060. The second-order valence-electron chi connectivity index (χ2n) is 6.18. The number of alkyl halides is 3.